The highest BCUT2D eigenvalue weighted by Crippen LogP contribution is 2.08. The molecule has 4 heteroatoms. The van der Waals surface area contributed by atoms with Crippen molar-refractivity contribution in [3.05, 3.63) is 0 Å². The van der Waals surface area contributed by atoms with Gasteiger partial charge in [0.05, 0.1) is 13.2 Å². The molecule has 0 aliphatic carbocycles. The van der Waals surface area contributed by atoms with Gasteiger partial charge in [0.1, 0.15) is 12.9 Å². The first-order valence-electron chi connectivity index (χ1n) is 5.28. The smallest absolute Gasteiger partial charge is 0.146 e. The average molecular weight is 204 g/mol. The van der Waals surface area contributed by atoms with Crippen LogP contribution in [0.2, 0.25) is 0 Å². The zero-order valence-corrected chi connectivity index (χ0v) is 8.87. The first-order chi connectivity index (χ1) is 6.93. The molecule has 0 radical (unpaired) electrons. The van der Waals surface area contributed by atoms with Crippen LogP contribution in [-0.2, 0) is 18.9 Å². The molecule has 1 fully saturated rings. The number of ether oxygens (including phenoxy) is 4. The maximum Gasteiger partial charge on any atom is 0.146 e. The maximum absolute atomic E-state index is 5.37. The monoisotopic (exact) mass is 204 g/mol. The molecule has 0 bridgehead atoms. The molecule has 0 N–H and O–H groups in total. The van der Waals surface area contributed by atoms with E-state index in [1.165, 1.54) is 0 Å². The summed E-state index contributed by atoms with van der Waals surface area (Å²) in [5.41, 5.74) is 0. The minimum atomic E-state index is 0.379. The van der Waals surface area contributed by atoms with Crippen LogP contribution in [0, 0.1) is 0 Å². The van der Waals surface area contributed by atoms with Gasteiger partial charge in [0.25, 0.3) is 0 Å². The molecule has 1 atom stereocenters. The third-order valence-electron chi connectivity index (χ3n) is 1.90. The number of hydrogen-bond donors (Lipinski definition) is 0. The van der Waals surface area contributed by atoms with Crippen molar-refractivity contribution in [3.8, 4) is 0 Å². The van der Waals surface area contributed by atoms with Crippen molar-refractivity contribution in [3.63, 3.8) is 0 Å². The second kappa shape index (κ2) is 8.17. The van der Waals surface area contributed by atoms with E-state index in [4.69, 9.17) is 18.9 Å². The van der Waals surface area contributed by atoms with E-state index in [1.54, 1.807) is 0 Å². The van der Waals surface area contributed by atoms with Crippen LogP contribution in [0.1, 0.15) is 19.8 Å². The van der Waals surface area contributed by atoms with Crippen LogP contribution in [0.3, 0.4) is 0 Å². The Morgan fingerprint density at radius 2 is 1.86 bits per heavy atom. The van der Waals surface area contributed by atoms with Crippen molar-refractivity contribution < 1.29 is 18.9 Å². The molecule has 4 nitrogen and oxygen atoms in total. The van der Waals surface area contributed by atoms with Gasteiger partial charge in [0.15, 0.2) is 0 Å². The lowest BCUT2D eigenvalue weighted by atomic mass is 10.3. The molecule has 0 saturated carbocycles. The highest BCUT2D eigenvalue weighted by atomic mass is 16.7. The lowest BCUT2D eigenvalue weighted by Gasteiger charge is -2.04. The second-order valence-electron chi connectivity index (χ2n) is 3.26. The summed E-state index contributed by atoms with van der Waals surface area (Å²) in [5, 5.41) is 0. The Bertz CT molecular complexity index is 125. The van der Waals surface area contributed by atoms with Crippen LogP contribution in [0.15, 0.2) is 0 Å². The molecule has 1 heterocycles. The number of epoxide rings is 1. The van der Waals surface area contributed by atoms with E-state index in [-0.39, 0.29) is 0 Å². The molecule has 84 valence electrons. The van der Waals surface area contributed by atoms with Gasteiger partial charge < -0.3 is 18.9 Å². The quantitative estimate of drug-likeness (QED) is 0.304. The van der Waals surface area contributed by atoms with Gasteiger partial charge in [-0.25, -0.2) is 0 Å². The Kier molecular flexibility index (Phi) is 6.95. The maximum atomic E-state index is 5.37. The number of unbranched alkanes of at least 4 members (excludes halogenated alkanes) is 1. The van der Waals surface area contributed by atoms with Gasteiger partial charge in [-0.15, -0.1) is 0 Å². The number of rotatable bonds is 10. The van der Waals surface area contributed by atoms with Crippen LogP contribution in [0.5, 0.6) is 0 Å². The third kappa shape index (κ3) is 7.26. The number of hydrogen-bond acceptors (Lipinski definition) is 4. The van der Waals surface area contributed by atoms with E-state index in [2.05, 4.69) is 0 Å². The minimum Gasteiger partial charge on any atom is -0.379 e. The lowest BCUT2D eigenvalue weighted by molar-refractivity contribution is -0.0512. The molecule has 0 aromatic carbocycles. The fourth-order valence-corrected chi connectivity index (χ4v) is 0.988. The molecular weight excluding hydrogens is 184 g/mol. The molecule has 1 saturated heterocycles. The van der Waals surface area contributed by atoms with Gasteiger partial charge in [-0.3, -0.25) is 0 Å². The summed E-state index contributed by atoms with van der Waals surface area (Å²) in [5.74, 6) is 0. The van der Waals surface area contributed by atoms with E-state index in [1.807, 2.05) is 6.92 Å². The third-order valence-corrected chi connectivity index (χ3v) is 1.90. The predicted octanol–water partition coefficient (Wildman–Crippen LogP) is 1.19. The van der Waals surface area contributed by atoms with E-state index in [0.717, 1.165) is 39.3 Å². The largest absolute Gasteiger partial charge is 0.379 e. The topological polar surface area (TPSA) is 40.2 Å². The van der Waals surface area contributed by atoms with E-state index < -0.39 is 0 Å². The summed E-state index contributed by atoms with van der Waals surface area (Å²) >= 11 is 0. The van der Waals surface area contributed by atoms with Crippen LogP contribution in [0.25, 0.3) is 0 Å². The van der Waals surface area contributed by atoms with Gasteiger partial charge in [-0.05, 0) is 19.8 Å². The Morgan fingerprint density at radius 3 is 2.50 bits per heavy atom. The zero-order chi connectivity index (χ0) is 10.1. The molecule has 1 rings (SSSR count). The standard InChI is InChI=1S/C10H20O4/c1-2-11-9-13-6-4-3-5-12-7-10-8-14-10/h10H,2-9H2,1H3. The second-order valence-corrected chi connectivity index (χ2v) is 3.26. The van der Waals surface area contributed by atoms with Crippen LogP contribution >= 0.6 is 0 Å². The lowest BCUT2D eigenvalue weighted by Crippen LogP contribution is -2.05. The zero-order valence-electron chi connectivity index (χ0n) is 8.87. The predicted molar refractivity (Wildman–Crippen MR) is 52.2 cm³/mol. The van der Waals surface area contributed by atoms with Crippen molar-refractivity contribution in [1.82, 2.24) is 0 Å². The summed E-state index contributed by atoms with van der Waals surface area (Å²) in [4.78, 5) is 0. The molecule has 0 aromatic rings. The summed E-state index contributed by atoms with van der Waals surface area (Å²) in [7, 11) is 0. The van der Waals surface area contributed by atoms with Crippen molar-refractivity contribution >= 4 is 0 Å². The van der Waals surface area contributed by atoms with Gasteiger partial charge in [0.2, 0.25) is 0 Å². The Balaban J connectivity index is 1.63. The molecule has 0 aromatic heterocycles. The molecule has 1 aliphatic rings. The molecule has 0 spiro atoms. The van der Waals surface area contributed by atoms with Crippen LogP contribution in [-0.4, -0.2) is 45.9 Å². The first-order valence-corrected chi connectivity index (χ1v) is 5.28. The summed E-state index contributed by atoms with van der Waals surface area (Å²) < 4.78 is 20.6. The Hall–Kier alpha value is -0.160. The highest BCUT2D eigenvalue weighted by molar-refractivity contribution is 4.66. The first kappa shape index (κ1) is 11.9. The van der Waals surface area contributed by atoms with Gasteiger partial charge in [-0.1, -0.05) is 0 Å². The van der Waals surface area contributed by atoms with Gasteiger partial charge >= 0.3 is 0 Å². The van der Waals surface area contributed by atoms with Crippen LogP contribution in [0.4, 0.5) is 0 Å². The van der Waals surface area contributed by atoms with Crippen LogP contribution < -0.4 is 0 Å². The van der Waals surface area contributed by atoms with Gasteiger partial charge in [-0.2, -0.15) is 0 Å². The van der Waals surface area contributed by atoms with Crippen molar-refractivity contribution in [2.24, 2.45) is 0 Å². The molecule has 1 unspecified atom stereocenters. The molecule has 1 aliphatic heterocycles. The fourth-order valence-electron chi connectivity index (χ4n) is 0.988. The average Bonchev–Trinajstić information content (AvgIpc) is 2.99. The van der Waals surface area contributed by atoms with Crippen molar-refractivity contribution in [2.45, 2.75) is 25.9 Å². The fraction of sp³-hybridized carbons (Fsp3) is 1.00. The van der Waals surface area contributed by atoms with E-state index >= 15 is 0 Å². The van der Waals surface area contributed by atoms with E-state index in [0.29, 0.717) is 19.5 Å². The van der Waals surface area contributed by atoms with Gasteiger partial charge in [0, 0.05) is 19.8 Å². The normalized spacial score (nSPS) is 19.9. The molecule has 0 amide bonds. The summed E-state index contributed by atoms with van der Waals surface area (Å²) in [6, 6.07) is 0. The molecule has 14 heavy (non-hydrogen) atoms. The summed E-state index contributed by atoms with van der Waals surface area (Å²) in [6.07, 6.45) is 2.45. The van der Waals surface area contributed by atoms with Crippen molar-refractivity contribution in [1.29, 1.82) is 0 Å². The highest BCUT2D eigenvalue weighted by Gasteiger charge is 2.21. The Morgan fingerprint density at radius 1 is 1.14 bits per heavy atom. The van der Waals surface area contributed by atoms with E-state index in [9.17, 15) is 0 Å². The Labute approximate surface area is 85.5 Å². The summed E-state index contributed by atoms with van der Waals surface area (Å²) in [6.45, 7) is 6.26. The van der Waals surface area contributed by atoms with Crippen molar-refractivity contribution in [2.75, 3.05) is 39.8 Å². The minimum absolute atomic E-state index is 0.379. The molecular formula is C10H20O4. The SMILES string of the molecule is CCOCOCCCCOCC1CO1.